The van der Waals surface area contributed by atoms with Crippen LogP contribution in [0.5, 0.6) is 11.5 Å². The summed E-state index contributed by atoms with van der Waals surface area (Å²) >= 11 is 0. The van der Waals surface area contributed by atoms with E-state index in [2.05, 4.69) is 34.4 Å². The molecular formula is C27H31F3N4O2. The first-order chi connectivity index (χ1) is 17.3. The highest BCUT2D eigenvalue weighted by atomic mass is 19.4. The van der Waals surface area contributed by atoms with Crippen LogP contribution in [0, 0.1) is 5.92 Å². The molecule has 1 aromatic heterocycles. The van der Waals surface area contributed by atoms with Crippen LogP contribution in [-0.2, 0) is 6.18 Å². The second-order valence-corrected chi connectivity index (χ2v) is 9.34. The molecule has 2 N–H and O–H groups in total. The maximum Gasteiger partial charge on any atom is 0.421 e. The number of alkyl halides is 3. The Morgan fingerprint density at radius 1 is 0.944 bits per heavy atom. The number of nitrogens with one attached hydrogen (secondary N) is 2. The number of rotatable bonds is 9. The second kappa shape index (κ2) is 11.5. The van der Waals surface area contributed by atoms with Crippen LogP contribution >= 0.6 is 0 Å². The maximum absolute atomic E-state index is 13.7. The Balaban J connectivity index is 1.50. The van der Waals surface area contributed by atoms with Gasteiger partial charge in [-0.25, -0.2) is 4.98 Å². The summed E-state index contributed by atoms with van der Waals surface area (Å²) in [6.07, 6.45) is 1.73. The first-order valence-corrected chi connectivity index (χ1v) is 12.2. The van der Waals surface area contributed by atoms with Gasteiger partial charge in [0.2, 0.25) is 5.95 Å². The van der Waals surface area contributed by atoms with E-state index in [1.165, 1.54) is 6.42 Å². The van der Waals surface area contributed by atoms with Gasteiger partial charge in [-0.2, -0.15) is 18.2 Å². The molecule has 1 saturated carbocycles. The predicted octanol–water partition coefficient (Wildman–Crippen LogP) is 7.73. The molecule has 4 rings (SSSR count). The summed E-state index contributed by atoms with van der Waals surface area (Å²) in [7, 11) is 0. The predicted molar refractivity (Wildman–Crippen MR) is 134 cm³/mol. The van der Waals surface area contributed by atoms with E-state index in [-0.39, 0.29) is 17.9 Å². The van der Waals surface area contributed by atoms with Gasteiger partial charge in [0, 0.05) is 23.6 Å². The lowest BCUT2D eigenvalue weighted by molar-refractivity contribution is -0.137. The fraction of sp³-hybridized carbons (Fsp3) is 0.407. The van der Waals surface area contributed by atoms with Gasteiger partial charge in [-0.15, -0.1) is 0 Å². The minimum atomic E-state index is -4.62. The molecule has 3 aromatic rings. The number of anilines is 4. The second-order valence-electron chi connectivity index (χ2n) is 9.34. The van der Waals surface area contributed by atoms with Crippen molar-refractivity contribution in [3.05, 3.63) is 60.3 Å². The minimum Gasteiger partial charge on any atom is -0.493 e. The first-order valence-electron chi connectivity index (χ1n) is 12.2. The van der Waals surface area contributed by atoms with E-state index in [1.54, 1.807) is 42.5 Å². The van der Waals surface area contributed by atoms with Crippen molar-refractivity contribution in [3.63, 3.8) is 0 Å². The van der Waals surface area contributed by atoms with E-state index < -0.39 is 11.7 Å². The van der Waals surface area contributed by atoms with Crippen molar-refractivity contribution in [1.82, 2.24) is 9.97 Å². The van der Waals surface area contributed by atoms with Crippen LogP contribution in [0.4, 0.5) is 36.3 Å². The lowest BCUT2D eigenvalue weighted by Crippen LogP contribution is -2.19. The third kappa shape index (κ3) is 7.26. The molecule has 0 saturated heterocycles. The fourth-order valence-corrected chi connectivity index (χ4v) is 3.93. The summed E-state index contributed by atoms with van der Waals surface area (Å²) in [4.78, 5) is 8.01. The molecule has 0 spiro atoms. The average molecular weight is 501 g/mol. The molecule has 36 heavy (non-hydrogen) atoms. The van der Waals surface area contributed by atoms with Gasteiger partial charge < -0.3 is 20.1 Å². The topological polar surface area (TPSA) is 68.3 Å². The van der Waals surface area contributed by atoms with Crippen molar-refractivity contribution in [2.45, 2.75) is 58.2 Å². The average Bonchev–Trinajstić information content (AvgIpc) is 2.84. The van der Waals surface area contributed by atoms with E-state index in [0.29, 0.717) is 35.4 Å². The van der Waals surface area contributed by atoms with Crippen molar-refractivity contribution in [2.75, 3.05) is 17.2 Å². The van der Waals surface area contributed by atoms with E-state index in [9.17, 15) is 13.2 Å². The molecule has 0 radical (unpaired) electrons. The molecule has 0 atom stereocenters. The first kappa shape index (κ1) is 25.6. The molecule has 192 valence electrons. The molecule has 1 heterocycles. The Kier molecular flexibility index (Phi) is 8.18. The number of halogens is 3. The number of hydrogen-bond donors (Lipinski definition) is 2. The molecule has 1 aliphatic rings. The van der Waals surface area contributed by atoms with Crippen LogP contribution in [-0.4, -0.2) is 22.7 Å². The van der Waals surface area contributed by atoms with Gasteiger partial charge in [-0.05, 0) is 68.0 Å². The maximum atomic E-state index is 13.7. The monoisotopic (exact) mass is 500 g/mol. The summed E-state index contributed by atoms with van der Waals surface area (Å²) in [6, 6.07) is 14.0. The van der Waals surface area contributed by atoms with Crippen molar-refractivity contribution >= 4 is 23.1 Å². The normalized spacial score (nSPS) is 14.5. The molecule has 0 aliphatic heterocycles. The van der Waals surface area contributed by atoms with Crippen LogP contribution in [0.3, 0.4) is 0 Å². The number of aromatic nitrogens is 2. The summed E-state index contributed by atoms with van der Waals surface area (Å²) in [5, 5.41) is 5.76. The van der Waals surface area contributed by atoms with Gasteiger partial charge in [0.15, 0.2) is 0 Å². The molecule has 2 aromatic carbocycles. The Morgan fingerprint density at radius 3 is 2.39 bits per heavy atom. The van der Waals surface area contributed by atoms with Crippen LogP contribution in [0.25, 0.3) is 0 Å². The fourth-order valence-electron chi connectivity index (χ4n) is 3.93. The van der Waals surface area contributed by atoms with Gasteiger partial charge in [-0.3, -0.25) is 0 Å². The Bertz CT molecular complexity index is 1130. The van der Waals surface area contributed by atoms with Gasteiger partial charge in [-0.1, -0.05) is 26.3 Å². The lowest BCUT2D eigenvalue weighted by atomic mass is 9.98. The summed E-state index contributed by atoms with van der Waals surface area (Å²) < 4.78 is 52.8. The summed E-state index contributed by atoms with van der Waals surface area (Å²) in [5.41, 5.74) is 0.120. The van der Waals surface area contributed by atoms with E-state index in [1.807, 2.05) is 6.07 Å². The molecule has 6 nitrogen and oxygen atoms in total. The number of benzene rings is 2. The zero-order valence-corrected chi connectivity index (χ0v) is 20.4. The zero-order valence-electron chi connectivity index (χ0n) is 20.4. The minimum absolute atomic E-state index is 0.0379. The van der Waals surface area contributed by atoms with Crippen LogP contribution < -0.4 is 20.1 Å². The van der Waals surface area contributed by atoms with E-state index >= 15 is 0 Å². The van der Waals surface area contributed by atoms with Crippen molar-refractivity contribution in [3.8, 4) is 11.5 Å². The van der Waals surface area contributed by atoms with E-state index in [4.69, 9.17) is 9.47 Å². The number of hydrogen-bond acceptors (Lipinski definition) is 6. The molecule has 0 bridgehead atoms. The van der Waals surface area contributed by atoms with Crippen LogP contribution in [0.15, 0.2) is 54.7 Å². The molecule has 9 heteroatoms. The molecule has 0 amide bonds. The standard InChI is InChI=1S/C27H31F3N4O2/c1-18(2)17-35-21-13-11-19(12-14-21)33-26-31-16-24(27(28,29)30)25(34-26)32-20-7-6-10-23(15-20)36-22-8-4-3-5-9-22/h6-7,10-16,18,22H,3-5,8-9,17H2,1-2H3,(H2,31,32,33,34). The van der Waals surface area contributed by atoms with Gasteiger partial charge in [0.25, 0.3) is 0 Å². The molecule has 0 unspecified atom stereocenters. The Hall–Kier alpha value is -3.49. The molecule has 1 aliphatic carbocycles. The summed E-state index contributed by atoms with van der Waals surface area (Å²) in [5.74, 6) is 1.42. The number of nitrogens with zero attached hydrogens (tertiary/aromatic N) is 2. The smallest absolute Gasteiger partial charge is 0.421 e. The van der Waals surface area contributed by atoms with Gasteiger partial charge in [0.05, 0.1) is 12.7 Å². The van der Waals surface area contributed by atoms with Crippen LogP contribution in [0.1, 0.15) is 51.5 Å². The third-order valence-corrected chi connectivity index (χ3v) is 5.74. The third-order valence-electron chi connectivity index (χ3n) is 5.74. The highest BCUT2D eigenvalue weighted by molar-refractivity contribution is 5.64. The largest absolute Gasteiger partial charge is 0.493 e. The van der Waals surface area contributed by atoms with Crippen molar-refractivity contribution in [1.29, 1.82) is 0 Å². The Morgan fingerprint density at radius 2 is 1.69 bits per heavy atom. The quantitative estimate of drug-likeness (QED) is 0.313. The number of ether oxygens (including phenoxy) is 2. The summed E-state index contributed by atoms with van der Waals surface area (Å²) in [6.45, 7) is 4.71. The van der Waals surface area contributed by atoms with Gasteiger partial charge >= 0.3 is 6.18 Å². The highest BCUT2D eigenvalue weighted by Crippen LogP contribution is 2.36. The molecule has 1 fully saturated rings. The van der Waals surface area contributed by atoms with Crippen LogP contribution in [0.2, 0.25) is 0 Å². The van der Waals surface area contributed by atoms with Gasteiger partial charge in [0.1, 0.15) is 22.9 Å². The SMILES string of the molecule is CC(C)COc1ccc(Nc2ncc(C(F)(F)F)c(Nc3cccc(OC4CCCCC4)c3)n2)cc1. The highest BCUT2D eigenvalue weighted by Gasteiger charge is 2.35. The van der Waals surface area contributed by atoms with Crippen molar-refractivity contribution < 1.29 is 22.6 Å². The van der Waals surface area contributed by atoms with Crippen molar-refractivity contribution in [2.24, 2.45) is 5.92 Å². The zero-order chi connectivity index (χ0) is 25.5. The lowest BCUT2D eigenvalue weighted by Gasteiger charge is -2.23. The Labute approximate surface area is 209 Å². The molecular weight excluding hydrogens is 469 g/mol. The van der Waals surface area contributed by atoms with E-state index in [0.717, 1.165) is 31.9 Å².